The Morgan fingerprint density at radius 2 is 1.33 bits per heavy atom. The second kappa shape index (κ2) is 5.55. The van der Waals surface area contributed by atoms with E-state index in [0.717, 1.165) is 0 Å². The number of anilines is 2. The van der Waals surface area contributed by atoms with Crippen LogP contribution in [-0.2, 0) is 8.64 Å². The molecule has 0 heterocycles. The molecule has 2 aromatic carbocycles. The lowest BCUT2D eigenvalue weighted by molar-refractivity contribution is 0.394. The molecule has 2 rings (SSSR count). The van der Waals surface area contributed by atoms with E-state index >= 15 is 0 Å². The molecule has 0 aliphatic rings. The molecule has 0 spiro atoms. The van der Waals surface area contributed by atoms with Gasteiger partial charge in [0.15, 0.2) is 0 Å². The van der Waals surface area contributed by atoms with Crippen LogP contribution in [0.5, 0.6) is 0 Å². The Labute approximate surface area is 110 Å². The Morgan fingerprint density at radius 1 is 0.944 bits per heavy atom. The Hall–Kier alpha value is -1.32. The van der Waals surface area contributed by atoms with Crippen LogP contribution in [0.1, 0.15) is 0 Å². The van der Waals surface area contributed by atoms with Crippen molar-refractivity contribution < 1.29 is 13.5 Å². The van der Waals surface area contributed by atoms with Crippen LogP contribution < -0.4 is 4.67 Å². The number of hydrogen-bond acceptors (Lipinski definition) is 2. The van der Waals surface area contributed by atoms with Crippen molar-refractivity contribution in [2.24, 2.45) is 0 Å². The molecule has 94 valence electrons. The molecular formula is C12H11ClNO3P. The summed E-state index contributed by atoms with van der Waals surface area (Å²) >= 11 is 5.13. The standard InChI is InChI=1S/C12H11ClNO3P/c13-17-18(15,16)14(11-7-3-1-4-8-11)12-9-5-2-6-10-12/h1-10H,(H,15,16). The van der Waals surface area contributed by atoms with Crippen LogP contribution in [-0.4, -0.2) is 4.89 Å². The average Bonchev–Trinajstić information content (AvgIpc) is 2.41. The fraction of sp³-hybridized carbons (Fsp3) is 0. The Bertz CT molecular complexity index is 510. The molecule has 0 aromatic heterocycles. The molecule has 1 unspecified atom stereocenters. The Kier molecular flexibility index (Phi) is 4.04. The molecule has 6 heteroatoms. The molecule has 0 saturated carbocycles. The maximum atomic E-state index is 12.0. The first kappa shape index (κ1) is 13.1. The average molecular weight is 284 g/mol. The van der Waals surface area contributed by atoms with Gasteiger partial charge in [-0.1, -0.05) is 36.4 Å². The molecule has 0 aliphatic carbocycles. The van der Waals surface area contributed by atoms with Gasteiger partial charge in [-0.05, 0) is 24.3 Å². The van der Waals surface area contributed by atoms with Crippen LogP contribution in [0.15, 0.2) is 60.7 Å². The fourth-order valence-electron chi connectivity index (χ4n) is 1.61. The van der Waals surface area contributed by atoms with Crippen molar-refractivity contribution in [1.29, 1.82) is 0 Å². The summed E-state index contributed by atoms with van der Waals surface area (Å²) in [6, 6.07) is 17.5. The van der Waals surface area contributed by atoms with Crippen molar-refractivity contribution in [3.8, 4) is 0 Å². The van der Waals surface area contributed by atoms with Crippen molar-refractivity contribution in [3.05, 3.63) is 60.7 Å². The van der Waals surface area contributed by atoms with E-state index in [-0.39, 0.29) is 0 Å². The quantitative estimate of drug-likeness (QED) is 0.859. The van der Waals surface area contributed by atoms with Gasteiger partial charge < -0.3 is 4.89 Å². The predicted octanol–water partition coefficient (Wildman–Crippen LogP) is 4.10. The van der Waals surface area contributed by atoms with E-state index in [4.69, 9.17) is 11.9 Å². The summed E-state index contributed by atoms with van der Waals surface area (Å²) < 4.78 is 17.4. The van der Waals surface area contributed by atoms with Gasteiger partial charge in [0.2, 0.25) is 0 Å². The van der Waals surface area contributed by atoms with Crippen LogP contribution in [0.3, 0.4) is 0 Å². The number of hydrogen-bond donors (Lipinski definition) is 1. The van der Waals surface area contributed by atoms with Crippen molar-refractivity contribution in [3.63, 3.8) is 0 Å². The summed E-state index contributed by atoms with van der Waals surface area (Å²) in [5.41, 5.74) is 1.05. The predicted molar refractivity (Wildman–Crippen MR) is 71.8 cm³/mol. The number of para-hydroxylation sites is 2. The maximum absolute atomic E-state index is 12.0. The lowest BCUT2D eigenvalue weighted by Gasteiger charge is -2.26. The molecule has 1 atom stereocenters. The van der Waals surface area contributed by atoms with Gasteiger partial charge in [0.05, 0.1) is 23.2 Å². The van der Waals surface area contributed by atoms with E-state index in [2.05, 4.69) is 4.08 Å². The van der Waals surface area contributed by atoms with E-state index in [1.165, 1.54) is 4.67 Å². The normalized spacial score (nSPS) is 13.9. The van der Waals surface area contributed by atoms with Gasteiger partial charge in [-0.2, -0.15) is 4.08 Å². The lowest BCUT2D eigenvalue weighted by atomic mass is 10.3. The zero-order valence-corrected chi connectivity index (χ0v) is 11.0. The summed E-state index contributed by atoms with van der Waals surface area (Å²) in [4.78, 5) is 9.82. The van der Waals surface area contributed by atoms with E-state index in [1.807, 2.05) is 12.1 Å². The SMILES string of the molecule is O=P(O)(OCl)N(c1ccccc1)c1ccccc1. The Morgan fingerprint density at radius 3 is 1.67 bits per heavy atom. The maximum Gasteiger partial charge on any atom is 0.453 e. The van der Waals surface area contributed by atoms with E-state index in [9.17, 15) is 9.46 Å². The van der Waals surface area contributed by atoms with Crippen LogP contribution in [0.4, 0.5) is 11.4 Å². The monoisotopic (exact) mass is 283 g/mol. The number of benzene rings is 2. The van der Waals surface area contributed by atoms with E-state index in [0.29, 0.717) is 11.4 Å². The zero-order valence-electron chi connectivity index (χ0n) is 9.31. The van der Waals surface area contributed by atoms with Crippen LogP contribution >= 0.6 is 19.6 Å². The molecule has 0 amide bonds. The number of halogens is 1. The third-order valence-corrected chi connectivity index (χ3v) is 4.03. The van der Waals surface area contributed by atoms with Gasteiger partial charge in [-0.3, -0.25) is 0 Å². The van der Waals surface area contributed by atoms with Gasteiger partial charge in [0.1, 0.15) is 0 Å². The highest BCUT2D eigenvalue weighted by Crippen LogP contribution is 2.54. The Balaban J connectivity index is 2.52. The molecule has 18 heavy (non-hydrogen) atoms. The molecule has 0 radical (unpaired) electrons. The summed E-state index contributed by atoms with van der Waals surface area (Å²) in [5.74, 6) is 0. The van der Waals surface area contributed by atoms with Crippen LogP contribution in [0.25, 0.3) is 0 Å². The molecule has 1 N–H and O–H groups in total. The molecule has 0 fully saturated rings. The van der Waals surface area contributed by atoms with Crippen LogP contribution in [0.2, 0.25) is 0 Å². The second-order valence-electron chi connectivity index (χ2n) is 3.54. The summed E-state index contributed by atoms with van der Waals surface area (Å²) in [6.07, 6.45) is 0. The molecular weight excluding hydrogens is 273 g/mol. The minimum atomic E-state index is -4.13. The molecule has 0 saturated heterocycles. The zero-order chi connectivity index (χ0) is 13.0. The van der Waals surface area contributed by atoms with Crippen LogP contribution in [0, 0.1) is 0 Å². The van der Waals surface area contributed by atoms with Gasteiger partial charge in [0.25, 0.3) is 0 Å². The summed E-state index contributed by atoms with van der Waals surface area (Å²) in [6.45, 7) is 0. The number of rotatable bonds is 4. The minimum absolute atomic E-state index is 0.523. The highest BCUT2D eigenvalue weighted by Gasteiger charge is 2.31. The molecule has 4 nitrogen and oxygen atoms in total. The summed E-state index contributed by atoms with van der Waals surface area (Å²) in [7, 11) is -4.13. The lowest BCUT2D eigenvalue weighted by Crippen LogP contribution is -2.13. The third-order valence-electron chi connectivity index (χ3n) is 2.34. The fourth-order valence-corrected chi connectivity index (χ4v) is 2.71. The van der Waals surface area contributed by atoms with Crippen molar-refractivity contribution in [2.75, 3.05) is 4.67 Å². The van der Waals surface area contributed by atoms with Gasteiger partial charge in [-0.25, -0.2) is 9.24 Å². The van der Waals surface area contributed by atoms with E-state index in [1.54, 1.807) is 48.5 Å². The first-order valence-corrected chi connectivity index (χ1v) is 7.03. The molecule has 2 aromatic rings. The van der Waals surface area contributed by atoms with Gasteiger partial charge in [-0.15, -0.1) is 0 Å². The van der Waals surface area contributed by atoms with Gasteiger partial charge in [0, 0.05) is 0 Å². The van der Waals surface area contributed by atoms with Gasteiger partial charge >= 0.3 is 7.75 Å². The highest BCUT2D eigenvalue weighted by atomic mass is 35.5. The van der Waals surface area contributed by atoms with Crippen molar-refractivity contribution in [1.82, 2.24) is 0 Å². The molecule has 0 aliphatic heterocycles. The second-order valence-corrected chi connectivity index (χ2v) is 5.48. The number of nitrogens with zero attached hydrogens (tertiary/aromatic N) is 1. The van der Waals surface area contributed by atoms with Crippen molar-refractivity contribution >= 4 is 31.0 Å². The largest absolute Gasteiger partial charge is 0.453 e. The first-order valence-electron chi connectivity index (χ1n) is 5.19. The smallest absolute Gasteiger partial charge is 0.307 e. The highest BCUT2D eigenvalue weighted by molar-refractivity contribution is 7.56. The third kappa shape index (κ3) is 2.74. The first-order chi connectivity index (χ1) is 8.65. The van der Waals surface area contributed by atoms with E-state index < -0.39 is 7.75 Å². The summed E-state index contributed by atoms with van der Waals surface area (Å²) in [5, 5.41) is 0. The topological polar surface area (TPSA) is 49.8 Å². The van der Waals surface area contributed by atoms with Crippen molar-refractivity contribution in [2.45, 2.75) is 0 Å². The minimum Gasteiger partial charge on any atom is -0.307 e. The molecule has 0 bridgehead atoms.